The molecule has 0 aliphatic carbocycles. The van der Waals surface area contributed by atoms with Gasteiger partial charge in [-0.1, -0.05) is 49.4 Å². The maximum atomic E-state index is 14.7. The van der Waals surface area contributed by atoms with Crippen molar-refractivity contribution < 1.29 is 87.0 Å². The number of aliphatic imine (C=N–C) groups is 1. The number of phenolic OH excluding ortho intramolecular Hbond substituents is 1. The van der Waals surface area contributed by atoms with Crippen LogP contribution in [-0.2, 0) is 49.7 Å². The number of unbranched alkanes of at least 4 members (excludes halogenated alkanes) is 1. The number of hydrogen-bond acceptors (Lipinski definition) is 18. The molecule has 500 valence electrons. The lowest BCUT2D eigenvalue weighted by Crippen LogP contribution is -2.54. The number of carbonyl (C=O) groups excluding carboxylic acids is 7. The summed E-state index contributed by atoms with van der Waals surface area (Å²) in [6, 6.07) is 13.3. The van der Waals surface area contributed by atoms with E-state index in [0.29, 0.717) is 48.1 Å². The van der Waals surface area contributed by atoms with Gasteiger partial charge in [0.05, 0.1) is 38.8 Å². The summed E-state index contributed by atoms with van der Waals surface area (Å²) < 4.78 is 35.4. The van der Waals surface area contributed by atoms with Gasteiger partial charge in [-0.15, -0.1) is 0 Å². The second kappa shape index (κ2) is 40.6. The van der Waals surface area contributed by atoms with Crippen molar-refractivity contribution in [3.05, 3.63) is 95.1 Å². The normalized spacial score (nSPS) is 15.2. The number of carboxylic acids is 3. The number of aliphatic carboxylic acids is 3. The molecule has 1 unspecified atom stereocenters. The first-order valence-electron chi connectivity index (χ1n) is 29.7. The average molecular weight is 1280 g/mol. The topological polar surface area (TPSA) is 429 Å². The lowest BCUT2D eigenvalue weighted by Gasteiger charge is -2.35. The molecule has 91 heavy (non-hydrogen) atoms. The molecule has 0 aromatic heterocycles. The molecule has 4 atom stereocenters. The molecule has 4 rings (SSSR count). The smallest absolute Gasteiger partial charge is 0.344 e. The Labute approximate surface area is 524 Å². The van der Waals surface area contributed by atoms with Gasteiger partial charge in [0.15, 0.2) is 12.2 Å². The summed E-state index contributed by atoms with van der Waals surface area (Å²) in [4.78, 5) is 136. The fraction of sp³-hybridized carbons (Fsp3) is 0.508. The first-order chi connectivity index (χ1) is 43.6. The minimum Gasteiger partial charge on any atom is -0.508 e. The first-order valence-corrected chi connectivity index (χ1v) is 29.7. The Hall–Kier alpha value is -8.95. The highest BCUT2D eigenvalue weighted by molar-refractivity contribution is 5.93. The molecule has 1 heterocycles. The Morgan fingerprint density at radius 2 is 1.21 bits per heavy atom. The molecule has 32 heteroatoms. The molecule has 1 saturated heterocycles. The van der Waals surface area contributed by atoms with Gasteiger partial charge in [-0.25, -0.2) is 13.6 Å². The van der Waals surface area contributed by atoms with Crippen molar-refractivity contribution in [1.82, 2.24) is 62.1 Å². The molecule has 3 aromatic carbocycles. The van der Waals surface area contributed by atoms with Crippen molar-refractivity contribution in [1.29, 1.82) is 0 Å². The van der Waals surface area contributed by atoms with Crippen molar-refractivity contribution in [3.63, 3.8) is 0 Å². The van der Waals surface area contributed by atoms with Crippen LogP contribution < -0.4 is 53.0 Å². The zero-order valence-electron chi connectivity index (χ0n) is 50.7. The van der Waals surface area contributed by atoms with Crippen LogP contribution in [0.25, 0.3) is 0 Å². The summed E-state index contributed by atoms with van der Waals surface area (Å²) in [5.74, 6) is -10.0. The number of aromatic hydroxyl groups is 1. The number of ether oxygens (including phenoxy) is 1. The number of carboxylic acid groups (broad SMARTS) is 3. The second-order valence-corrected chi connectivity index (χ2v) is 21.1. The zero-order valence-corrected chi connectivity index (χ0v) is 50.7. The molecule has 1 aliphatic rings. The average Bonchev–Trinajstić information content (AvgIpc) is 1.01. The van der Waals surface area contributed by atoms with Gasteiger partial charge in [-0.3, -0.25) is 63.3 Å². The number of halogens is 2. The molecule has 15 N–H and O–H groups in total. The number of benzene rings is 3. The largest absolute Gasteiger partial charge is 0.508 e. The summed E-state index contributed by atoms with van der Waals surface area (Å²) in [7, 11) is 0. The number of urea groups is 1. The summed E-state index contributed by atoms with van der Waals surface area (Å²) in [6.45, 7) is 1.09. The van der Waals surface area contributed by atoms with Crippen molar-refractivity contribution >= 4 is 65.7 Å². The number of rotatable bonds is 36. The predicted molar refractivity (Wildman–Crippen MR) is 325 cm³/mol. The third kappa shape index (κ3) is 28.6. The highest BCUT2D eigenvalue weighted by Crippen LogP contribution is 2.29. The van der Waals surface area contributed by atoms with E-state index in [2.05, 4.69) is 47.5 Å². The number of nitrogens with two attached hydrogens (primary N) is 1. The lowest BCUT2D eigenvalue weighted by molar-refractivity contribution is -0.140. The van der Waals surface area contributed by atoms with Crippen molar-refractivity contribution in [3.8, 4) is 11.5 Å². The van der Waals surface area contributed by atoms with Crippen LogP contribution in [0.5, 0.6) is 11.5 Å². The standard InChI is InChI=1S/C59H84F2N14O16/c1-2-49(79)64-19-20-67-59(90)71-58(62)66-17-9-14-46(55(87)68-33-43-44(60)31-41(78)32-45(43)61)70-57(89)54(39-10-4-3-5-11-39)40-12-8-13-42(30-40)91-29-7-6-16-65-56(88)47(37-76)69-50(80)15-18-63-48(38-77)75-27-25-73(35-52(83)84)23-21-72(34-51(81)82)22-24-74(26-28-75)36-53(85)86/h3-5,8,10-13,30-32,38,46-48,54,63,76,78H,2,6-7,9,14-29,33-37H2,1H3,(H,64,79)(H,65,88)(H,68,87)(H,69,80)(H,70,89)(H,81,82)(H,83,84)(H,85,86)(H4,62,66,67,71,90)/t46-,47-,48?,54-/m1/s1. The number of aliphatic hydroxyl groups excluding tert-OH is 1. The Balaban J connectivity index is 1.32. The fourth-order valence-electron chi connectivity index (χ4n) is 9.40. The van der Waals surface area contributed by atoms with Crippen LogP contribution >= 0.6 is 0 Å². The highest BCUT2D eigenvalue weighted by Gasteiger charge is 2.30. The minimum atomic E-state index is -1.32. The molecule has 3 aromatic rings. The van der Waals surface area contributed by atoms with Crippen LogP contribution in [0.15, 0.2) is 71.7 Å². The van der Waals surface area contributed by atoms with Crippen LogP contribution in [-0.4, -0.2) is 247 Å². The van der Waals surface area contributed by atoms with E-state index in [1.807, 2.05) is 0 Å². The summed E-state index contributed by atoms with van der Waals surface area (Å²) in [5, 5.41) is 69.4. The van der Waals surface area contributed by atoms with E-state index in [9.17, 15) is 82.3 Å². The Morgan fingerprint density at radius 3 is 1.79 bits per heavy atom. The van der Waals surface area contributed by atoms with E-state index in [-0.39, 0.29) is 149 Å². The zero-order chi connectivity index (χ0) is 66.7. The van der Waals surface area contributed by atoms with Crippen LogP contribution in [0.3, 0.4) is 0 Å². The quantitative estimate of drug-likeness (QED) is 0.0133. The molecule has 0 saturated carbocycles. The summed E-state index contributed by atoms with van der Waals surface area (Å²) in [6.07, 6.45) is 0.549. The van der Waals surface area contributed by atoms with E-state index < -0.39 is 108 Å². The molecule has 7 amide bonds. The van der Waals surface area contributed by atoms with Gasteiger partial charge in [0.2, 0.25) is 29.5 Å². The van der Waals surface area contributed by atoms with E-state index in [4.69, 9.17) is 10.5 Å². The fourth-order valence-corrected chi connectivity index (χ4v) is 9.40. The minimum absolute atomic E-state index is 0.0475. The number of guanidine groups is 1. The lowest BCUT2D eigenvalue weighted by atomic mass is 9.90. The van der Waals surface area contributed by atoms with Gasteiger partial charge < -0.3 is 78.0 Å². The second-order valence-electron chi connectivity index (χ2n) is 21.1. The highest BCUT2D eigenvalue weighted by atomic mass is 19.1. The number of phenols is 1. The Morgan fingerprint density at radius 1 is 0.637 bits per heavy atom. The maximum Gasteiger partial charge on any atom is 0.344 e. The number of nitrogens with one attached hydrogen (secondary N) is 8. The molecule has 0 spiro atoms. The van der Waals surface area contributed by atoms with Gasteiger partial charge >= 0.3 is 23.9 Å². The molecular weight excluding hydrogens is 1200 g/mol. The van der Waals surface area contributed by atoms with E-state index >= 15 is 0 Å². The third-order valence-electron chi connectivity index (χ3n) is 14.2. The Kier molecular flexibility index (Phi) is 33.3. The molecular formula is C59H84F2N14O16. The number of nitrogens with zero attached hydrogens (tertiary/aromatic N) is 5. The van der Waals surface area contributed by atoms with Gasteiger partial charge in [-0.2, -0.15) is 4.99 Å². The first kappa shape index (κ1) is 74.5. The number of amides is 7. The monoisotopic (exact) mass is 1280 g/mol. The van der Waals surface area contributed by atoms with Crippen molar-refractivity contribution in [2.24, 2.45) is 10.7 Å². The number of aldehydes is 1. The maximum absolute atomic E-state index is 14.7. The van der Waals surface area contributed by atoms with Gasteiger partial charge in [0, 0.05) is 122 Å². The summed E-state index contributed by atoms with van der Waals surface area (Å²) in [5.41, 5.74) is 6.36. The Bertz CT molecular complexity index is 2860. The molecule has 1 fully saturated rings. The van der Waals surface area contributed by atoms with Crippen LogP contribution in [0, 0.1) is 11.6 Å². The summed E-state index contributed by atoms with van der Waals surface area (Å²) >= 11 is 0. The van der Waals surface area contributed by atoms with E-state index in [1.165, 1.54) is 0 Å². The molecule has 1 aliphatic heterocycles. The van der Waals surface area contributed by atoms with Crippen LogP contribution in [0.4, 0.5) is 13.6 Å². The van der Waals surface area contributed by atoms with E-state index in [1.54, 1.807) is 81.1 Å². The predicted octanol–water partition coefficient (Wildman–Crippen LogP) is -1.74. The van der Waals surface area contributed by atoms with Gasteiger partial charge in [0.1, 0.15) is 41.4 Å². The number of aliphatic hydroxyl groups is 1. The SMILES string of the molecule is CCC(=O)NCCNC(=O)/N=C(/N)NCCC[C@@H](NC(=O)[C@H](c1ccccc1)c1cccc(OCCCCNC(=O)[C@@H](CO)NC(=O)CCNC(C=O)N2CCN(CC(=O)O)CCN(CC(=O)O)CCN(CC(=O)O)CC2)c1)C(=O)NCc1c(F)cc(O)cc1F. The van der Waals surface area contributed by atoms with Gasteiger partial charge in [-0.05, 0) is 48.9 Å². The molecule has 30 nitrogen and oxygen atoms in total. The van der Waals surface area contributed by atoms with Gasteiger partial charge in [0.25, 0.3) is 0 Å². The van der Waals surface area contributed by atoms with Crippen molar-refractivity contribution in [2.75, 3.05) is 118 Å². The molecule has 0 radical (unpaired) electrons. The number of carbonyl (C=O) groups is 10. The van der Waals surface area contributed by atoms with E-state index in [0.717, 1.165) is 0 Å². The van der Waals surface area contributed by atoms with Crippen LogP contribution in [0.1, 0.15) is 68.1 Å². The third-order valence-corrected chi connectivity index (χ3v) is 14.2. The number of hydrogen-bond donors (Lipinski definition) is 14. The molecule has 0 bridgehead atoms. The van der Waals surface area contributed by atoms with Crippen LogP contribution in [0.2, 0.25) is 0 Å². The van der Waals surface area contributed by atoms with Crippen molar-refractivity contribution in [2.45, 2.75) is 76.2 Å².